The molecule has 9 aromatic carbocycles. The molecule has 54 heavy (non-hydrogen) atoms. The molecule has 1 heterocycles. The highest BCUT2D eigenvalue weighted by atomic mass is 15.0. The molecule has 10 aromatic rings. The average molecular weight is 695 g/mol. The summed E-state index contributed by atoms with van der Waals surface area (Å²) in [6, 6.07) is 49.7. The molecule has 0 fully saturated rings. The lowest BCUT2D eigenvalue weighted by Gasteiger charge is -2.12. The van der Waals surface area contributed by atoms with Crippen LogP contribution in [0.4, 0.5) is 0 Å². The molecule has 0 N–H and O–H groups in total. The Bertz CT molecular complexity index is 3240. The number of rotatable bonds is 6. The Morgan fingerprint density at radius 2 is 0.722 bits per heavy atom. The maximum atomic E-state index is 8.97. The fraction of sp³-hybridized carbons (Fsp3) is 0. The van der Waals surface area contributed by atoms with Crippen molar-refractivity contribution in [2.45, 2.75) is 0 Å². The second-order valence-corrected chi connectivity index (χ2v) is 13.2. The summed E-state index contributed by atoms with van der Waals surface area (Å²) in [6.07, 6.45) is 0. The monoisotopic (exact) mass is 694 g/mol. The SMILES string of the molecule is [2H]c1c([2H])c([2H])c2c(-c3cccc(-c4nc(-c5ccc6cc(-c7ccccc7)ccc6c5)nc(-c5ccc6cc(-c7ccccc7)ccc6c5)n4)c3)c([2H])c([2H])c([2H])c2c1[2H]. The van der Waals surface area contributed by atoms with Gasteiger partial charge in [-0.25, -0.2) is 15.0 Å². The van der Waals surface area contributed by atoms with E-state index in [-0.39, 0.29) is 28.4 Å². The summed E-state index contributed by atoms with van der Waals surface area (Å²) < 4.78 is 60.3. The van der Waals surface area contributed by atoms with Crippen molar-refractivity contribution in [1.29, 1.82) is 0 Å². The minimum Gasteiger partial charge on any atom is -0.208 e. The largest absolute Gasteiger partial charge is 0.208 e. The predicted octanol–water partition coefficient (Wildman–Crippen LogP) is 13.3. The molecule has 0 aliphatic carbocycles. The molecule has 0 aliphatic rings. The van der Waals surface area contributed by atoms with Crippen molar-refractivity contribution < 1.29 is 9.60 Å². The summed E-state index contributed by atoms with van der Waals surface area (Å²) in [5, 5.41) is 4.10. The molecule has 0 saturated carbocycles. The van der Waals surface area contributed by atoms with Crippen molar-refractivity contribution in [3.63, 3.8) is 0 Å². The van der Waals surface area contributed by atoms with Gasteiger partial charge in [-0.1, -0.05) is 170 Å². The van der Waals surface area contributed by atoms with E-state index in [4.69, 9.17) is 24.5 Å². The minimum atomic E-state index is -0.497. The highest BCUT2D eigenvalue weighted by molar-refractivity contribution is 5.97. The third-order valence-electron chi connectivity index (χ3n) is 9.77. The molecular weight excluding hydrogens is 655 g/mol. The highest BCUT2D eigenvalue weighted by Gasteiger charge is 2.15. The van der Waals surface area contributed by atoms with Crippen LogP contribution in [0.15, 0.2) is 200 Å². The first-order valence-corrected chi connectivity index (χ1v) is 17.7. The van der Waals surface area contributed by atoms with Gasteiger partial charge in [-0.3, -0.25) is 0 Å². The van der Waals surface area contributed by atoms with Crippen molar-refractivity contribution >= 4 is 32.3 Å². The van der Waals surface area contributed by atoms with E-state index in [0.717, 1.165) is 54.9 Å². The van der Waals surface area contributed by atoms with Crippen LogP contribution in [-0.4, -0.2) is 15.0 Å². The number of hydrogen-bond donors (Lipinski definition) is 0. The Morgan fingerprint density at radius 1 is 0.296 bits per heavy atom. The molecule has 0 amide bonds. The van der Waals surface area contributed by atoms with Gasteiger partial charge in [-0.15, -0.1) is 0 Å². The molecule has 0 saturated heterocycles. The Balaban J connectivity index is 1.14. The number of fused-ring (bicyclic) bond motifs is 3. The Morgan fingerprint density at radius 3 is 1.28 bits per heavy atom. The first-order valence-electron chi connectivity index (χ1n) is 21.2. The molecule has 10 rings (SSSR count). The lowest BCUT2D eigenvalue weighted by atomic mass is 9.97. The van der Waals surface area contributed by atoms with Crippen LogP contribution in [0.3, 0.4) is 0 Å². The molecule has 3 heteroatoms. The van der Waals surface area contributed by atoms with Crippen molar-refractivity contribution in [3.05, 3.63) is 200 Å². The van der Waals surface area contributed by atoms with Crippen molar-refractivity contribution in [1.82, 2.24) is 15.0 Å². The van der Waals surface area contributed by atoms with Crippen LogP contribution in [0.5, 0.6) is 0 Å². The first kappa shape index (κ1) is 24.9. The van der Waals surface area contributed by atoms with E-state index >= 15 is 0 Å². The summed E-state index contributed by atoms with van der Waals surface area (Å²) in [6.45, 7) is 0. The smallest absolute Gasteiger partial charge is 0.164 e. The zero-order valence-corrected chi connectivity index (χ0v) is 28.9. The van der Waals surface area contributed by atoms with E-state index in [1.54, 1.807) is 18.2 Å². The summed E-state index contributed by atoms with van der Waals surface area (Å²) in [7, 11) is 0. The van der Waals surface area contributed by atoms with E-state index in [2.05, 4.69) is 84.9 Å². The maximum absolute atomic E-state index is 8.97. The zero-order valence-electron chi connectivity index (χ0n) is 35.9. The summed E-state index contributed by atoms with van der Waals surface area (Å²) >= 11 is 0. The van der Waals surface area contributed by atoms with Crippen molar-refractivity contribution in [2.24, 2.45) is 0 Å². The number of aromatic nitrogens is 3. The molecule has 0 unspecified atom stereocenters. The van der Waals surface area contributed by atoms with Crippen LogP contribution in [0.2, 0.25) is 0 Å². The van der Waals surface area contributed by atoms with E-state index in [1.165, 1.54) is 0 Å². The summed E-state index contributed by atoms with van der Waals surface area (Å²) in [5.74, 6) is 1.25. The van der Waals surface area contributed by atoms with Crippen LogP contribution in [-0.2, 0) is 0 Å². The molecular formula is C51H33N3. The van der Waals surface area contributed by atoms with Gasteiger partial charge in [0.25, 0.3) is 0 Å². The maximum Gasteiger partial charge on any atom is 0.164 e. The van der Waals surface area contributed by atoms with E-state index < -0.39 is 30.2 Å². The predicted molar refractivity (Wildman–Crippen MR) is 225 cm³/mol. The minimum absolute atomic E-state index is 0.0179. The molecule has 0 aliphatic heterocycles. The molecule has 1 aromatic heterocycles. The second-order valence-electron chi connectivity index (χ2n) is 13.2. The van der Waals surface area contributed by atoms with Crippen LogP contribution in [0.1, 0.15) is 9.60 Å². The van der Waals surface area contributed by atoms with Crippen molar-refractivity contribution in [3.8, 4) is 67.5 Å². The third kappa shape index (κ3) is 5.98. The lowest BCUT2D eigenvalue weighted by molar-refractivity contribution is 1.08. The van der Waals surface area contributed by atoms with Gasteiger partial charge in [0, 0.05) is 16.7 Å². The van der Waals surface area contributed by atoms with Gasteiger partial charge < -0.3 is 0 Å². The third-order valence-corrected chi connectivity index (χ3v) is 9.77. The Labute approximate surface area is 323 Å². The van der Waals surface area contributed by atoms with Crippen LogP contribution < -0.4 is 0 Å². The van der Waals surface area contributed by atoms with E-state index in [9.17, 15) is 0 Å². The van der Waals surface area contributed by atoms with Gasteiger partial charge >= 0.3 is 0 Å². The average Bonchev–Trinajstić information content (AvgIpc) is 3.31. The Hall–Kier alpha value is -7.23. The second kappa shape index (κ2) is 13.4. The van der Waals surface area contributed by atoms with Gasteiger partial charge in [0.1, 0.15) is 0 Å². The molecule has 3 nitrogen and oxygen atoms in total. The fourth-order valence-electron chi connectivity index (χ4n) is 7.00. The molecule has 0 spiro atoms. The van der Waals surface area contributed by atoms with Crippen molar-refractivity contribution in [2.75, 3.05) is 0 Å². The Kier molecular flexibility index (Phi) is 6.17. The van der Waals surface area contributed by atoms with Gasteiger partial charge in [-0.2, -0.15) is 0 Å². The zero-order chi connectivity index (χ0) is 41.9. The first-order chi connectivity index (χ1) is 29.6. The van der Waals surface area contributed by atoms with E-state index in [0.29, 0.717) is 28.6 Å². The fourth-order valence-corrected chi connectivity index (χ4v) is 7.00. The van der Waals surface area contributed by atoms with Crippen LogP contribution >= 0.6 is 0 Å². The number of hydrogen-bond acceptors (Lipinski definition) is 3. The normalized spacial score (nSPS) is 13.1. The lowest BCUT2D eigenvalue weighted by Crippen LogP contribution is -2.00. The van der Waals surface area contributed by atoms with E-state index in [1.807, 2.05) is 54.6 Å². The number of benzene rings is 9. The van der Waals surface area contributed by atoms with Crippen LogP contribution in [0.25, 0.3) is 99.9 Å². The quantitative estimate of drug-likeness (QED) is 0.174. The molecule has 252 valence electrons. The molecule has 0 radical (unpaired) electrons. The van der Waals surface area contributed by atoms with Gasteiger partial charge in [0.2, 0.25) is 0 Å². The molecule has 0 bridgehead atoms. The van der Waals surface area contributed by atoms with Crippen LogP contribution in [0, 0.1) is 0 Å². The highest BCUT2D eigenvalue weighted by Crippen LogP contribution is 2.34. The number of nitrogens with zero attached hydrogens (tertiary/aromatic N) is 3. The van der Waals surface area contributed by atoms with Gasteiger partial charge in [-0.05, 0) is 96.0 Å². The topological polar surface area (TPSA) is 38.7 Å². The van der Waals surface area contributed by atoms with Gasteiger partial charge in [0.15, 0.2) is 17.5 Å². The standard InChI is InChI=1S/C51H33N3/c1-3-11-34(12-4-1)37-21-23-41-31-45(27-25-39(41)29-37)50-52-49(44-18-9-17-43(33-44)48-20-10-16-36-15-7-8-19-47(36)48)53-51(54-50)46-28-26-40-30-38(22-24-42(40)32-46)35-13-5-2-6-14-35/h1-33H/i7D,8D,10D,15D,16D,19D,20D. The molecule has 0 atom stereocenters. The summed E-state index contributed by atoms with van der Waals surface area (Å²) in [5.41, 5.74) is 7.20. The van der Waals surface area contributed by atoms with Gasteiger partial charge in [0.05, 0.1) is 9.60 Å². The summed E-state index contributed by atoms with van der Waals surface area (Å²) in [4.78, 5) is 15.1.